The van der Waals surface area contributed by atoms with Crippen molar-refractivity contribution in [3.63, 3.8) is 0 Å². The molecule has 8 atom stereocenters. The molecule has 72 heavy (non-hydrogen) atoms. The smallest absolute Gasteiger partial charge is 0.306 e. The third-order valence-corrected chi connectivity index (χ3v) is 13.4. The van der Waals surface area contributed by atoms with Gasteiger partial charge >= 0.3 is 5.97 Å². The molecule has 1 aliphatic heterocycles. The van der Waals surface area contributed by atoms with Gasteiger partial charge in [0, 0.05) is 6.42 Å². The fourth-order valence-electron chi connectivity index (χ4n) is 8.77. The van der Waals surface area contributed by atoms with Crippen LogP contribution < -0.4 is 5.32 Å². The van der Waals surface area contributed by atoms with E-state index in [1.165, 1.54) is 103 Å². The van der Waals surface area contributed by atoms with Crippen molar-refractivity contribution in [3.05, 3.63) is 72.9 Å². The monoisotopic (exact) mass is 1010 g/mol. The van der Waals surface area contributed by atoms with Crippen molar-refractivity contribution in [1.82, 2.24) is 5.32 Å². The van der Waals surface area contributed by atoms with Gasteiger partial charge in [-0.2, -0.15) is 0 Å². The van der Waals surface area contributed by atoms with Gasteiger partial charge in [-0.3, -0.25) is 9.59 Å². The number of aliphatic hydroxyl groups excluding tert-OH is 5. The van der Waals surface area contributed by atoms with E-state index in [-0.39, 0.29) is 19.4 Å². The molecule has 0 aromatic rings. The molecule has 1 amide bonds. The second-order valence-corrected chi connectivity index (χ2v) is 20.1. The van der Waals surface area contributed by atoms with Crippen LogP contribution in [0.15, 0.2) is 72.9 Å². The predicted molar refractivity (Wildman–Crippen MR) is 296 cm³/mol. The van der Waals surface area contributed by atoms with Gasteiger partial charge in [-0.1, -0.05) is 235 Å². The second-order valence-electron chi connectivity index (χ2n) is 20.1. The Morgan fingerprint density at radius 2 is 1.01 bits per heavy atom. The molecule has 1 heterocycles. The summed E-state index contributed by atoms with van der Waals surface area (Å²) in [6.45, 7) is 5.62. The molecule has 0 spiro atoms. The molecule has 0 saturated carbocycles. The average molecular weight is 1010 g/mol. The number of carbonyl (C=O) groups is 2. The Hall–Kier alpha value is -2.90. The van der Waals surface area contributed by atoms with Crippen LogP contribution in [0.3, 0.4) is 0 Å². The number of unbranched alkanes of at least 4 members (excludes halogenated alkanes) is 27. The molecule has 0 aromatic carbocycles. The molecule has 0 radical (unpaired) electrons. The van der Waals surface area contributed by atoms with Crippen molar-refractivity contribution in [2.75, 3.05) is 13.2 Å². The number of hydrogen-bond donors (Lipinski definition) is 6. The van der Waals surface area contributed by atoms with Crippen LogP contribution in [0.25, 0.3) is 0 Å². The number of aliphatic hydroxyl groups is 5. The van der Waals surface area contributed by atoms with Crippen LogP contribution >= 0.6 is 0 Å². The highest BCUT2D eigenvalue weighted by molar-refractivity contribution is 5.80. The summed E-state index contributed by atoms with van der Waals surface area (Å²) in [4.78, 5) is 26.5. The largest absolute Gasteiger partial charge is 0.454 e. The summed E-state index contributed by atoms with van der Waals surface area (Å²) in [5.41, 5.74) is 0. The summed E-state index contributed by atoms with van der Waals surface area (Å²) in [5.74, 6) is -1.23. The van der Waals surface area contributed by atoms with E-state index in [4.69, 9.17) is 14.2 Å². The number of allylic oxidation sites excluding steroid dienone is 11. The Bertz CT molecular complexity index is 1440. The number of carbonyl (C=O) groups excluding carboxylic acids is 2. The van der Waals surface area contributed by atoms with Gasteiger partial charge in [0.2, 0.25) is 5.91 Å². The van der Waals surface area contributed by atoms with Crippen molar-refractivity contribution in [1.29, 1.82) is 0 Å². The summed E-state index contributed by atoms with van der Waals surface area (Å²) >= 11 is 0. The van der Waals surface area contributed by atoms with Gasteiger partial charge in [-0.25, -0.2) is 0 Å². The predicted octanol–water partition coefficient (Wildman–Crippen LogP) is 13.2. The Kier molecular flexibility index (Phi) is 45.7. The normalized spacial score (nSPS) is 20.0. The summed E-state index contributed by atoms with van der Waals surface area (Å²) < 4.78 is 17.6. The molecule has 1 aliphatic rings. The van der Waals surface area contributed by atoms with Crippen LogP contribution in [0.4, 0.5) is 0 Å². The van der Waals surface area contributed by atoms with Crippen molar-refractivity contribution >= 4 is 11.9 Å². The minimum atomic E-state index is -1.63. The van der Waals surface area contributed by atoms with Gasteiger partial charge in [0.05, 0.1) is 25.4 Å². The zero-order valence-corrected chi connectivity index (χ0v) is 45.8. The van der Waals surface area contributed by atoms with Gasteiger partial charge in [0.15, 0.2) is 12.4 Å². The quantitative estimate of drug-likeness (QED) is 0.0149. The fourth-order valence-corrected chi connectivity index (χ4v) is 8.77. The van der Waals surface area contributed by atoms with Gasteiger partial charge in [0.1, 0.15) is 24.4 Å². The number of ether oxygens (including phenoxy) is 3. The lowest BCUT2D eigenvalue weighted by Crippen LogP contribution is -2.61. The van der Waals surface area contributed by atoms with E-state index in [1.807, 2.05) is 42.5 Å². The summed E-state index contributed by atoms with van der Waals surface area (Å²) in [6.07, 6.45) is 50.8. The zero-order chi connectivity index (χ0) is 52.5. The SMILES string of the molecule is CC/C=C/C=C/C=C/C=C\CCCCCCCC(=O)OC1C(OCC(NC(=O)C(O)CCCCCCCC/C=C/CCCCCCCC)C(O)/C=C/CCCCCCCCCCCC)OC(CO)C(O)C1O. The van der Waals surface area contributed by atoms with Crippen LogP contribution in [0.1, 0.15) is 239 Å². The lowest BCUT2D eigenvalue weighted by Gasteiger charge is -2.41. The van der Waals surface area contributed by atoms with Gasteiger partial charge in [-0.05, 0) is 70.6 Å². The number of amides is 1. The Morgan fingerprint density at radius 1 is 0.556 bits per heavy atom. The molecule has 11 nitrogen and oxygen atoms in total. The third kappa shape index (κ3) is 36.9. The zero-order valence-electron chi connectivity index (χ0n) is 45.8. The standard InChI is InChI=1S/C61H107NO10/c1-4-7-10-13-16-19-22-25-27-29-30-33-36-39-42-45-48-54(65)60(69)62-52(53(64)47-44-41-38-35-32-24-21-18-15-12-9-6-3)51-70-61-59(58(68)57(67)55(50-63)71-61)72-56(66)49-46-43-40-37-34-31-28-26-23-20-17-14-11-8-5-2/h8,11,14,17,20,23,25-28,44,47,52-55,57-59,61,63-65,67-68H,4-7,9-10,12-13,15-16,18-19,21-22,24,29-43,45-46,48-51H2,1-3H3,(H,62,69)/b11-8+,17-14+,23-20+,27-25+,28-26-,47-44+. The molecule has 416 valence electrons. The summed E-state index contributed by atoms with van der Waals surface area (Å²) in [5, 5.41) is 56.8. The van der Waals surface area contributed by atoms with E-state index in [0.29, 0.717) is 12.8 Å². The third-order valence-electron chi connectivity index (χ3n) is 13.4. The first-order chi connectivity index (χ1) is 35.2. The first-order valence-electron chi connectivity index (χ1n) is 29.3. The lowest BCUT2D eigenvalue weighted by molar-refractivity contribution is -0.305. The van der Waals surface area contributed by atoms with Crippen molar-refractivity contribution in [2.24, 2.45) is 0 Å². The maximum atomic E-state index is 13.4. The van der Waals surface area contributed by atoms with Crippen LogP contribution in [-0.2, 0) is 23.8 Å². The van der Waals surface area contributed by atoms with E-state index in [2.05, 4.69) is 50.4 Å². The maximum Gasteiger partial charge on any atom is 0.306 e. The average Bonchev–Trinajstić information content (AvgIpc) is 3.38. The molecule has 1 fully saturated rings. The molecule has 0 aromatic heterocycles. The van der Waals surface area contributed by atoms with Gasteiger partial charge in [-0.15, -0.1) is 0 Å². The van der Waals surface area contributed by atoms with Crippen LogP contribution in [0.2, 0.25) is 0 Å². The highest BCUT2D eigenvalue weighted by Gasteiger charge is 2.47. The minimum Gasteiger partial charge on any atom is -0.454 e. The number of rotatable bonds is 48. The van der Waals surface area contributed by atoms with E-state index in [0.717, 1.165) is 89.9 Å². The van der Waals surface area contributed by atoms with Gasteiger partial charge < -0.3 is 45.1 Å². The number of hydrogen-bond acceptors (Lipinski definition) is 10. The number of nitrogens with one attached hydrogen (secondary N) is 1. The molecule has 0 aliphatic carbocycles. The number of esters is 1. The van der Waals surface area contributed by atoms with Crippen molar-refractivity contribution in [2.45, 2.75) is 288 Å². The van der Waals surface area contributed by atoms with Crippen LogP contribution in [-0.4, -0.2) is 99.6 Å². The molecule has 1 saturated heterocycles. The lowest BCUT2D eigenvalue weighted by atomic mass is 9.99. The van der Waals surface area contributed by atoms with Crippen molar-refractivity contribution < 1.29 is 49.3 Å². The molecule has 0 bridgehead atoms. The fraction of sp³-hybridized carbons (Fsp3) is 0.770. The Labute approximate surface area is 439 Å². The van der Waals surface area contributed by atoms with E-state index < -0.39 is 67.4 Å². The molecule has 8 unspecified atom stereocenters. The topological polar surface area (TPSA) is 175 Å². The Balaban J connectivity index is 2.74. The summed E-state index contributed by atoms with van der Waals surface area (Å²) in [6, 6.07) is -1.03. The molecule has 11 heteroatoms. The van der Waals surface area contributed by atoms with E-state index in [1.54, 1.807) is 6.08 Å². The van der Waals surface area contributed by atoms with E-state index >= 15 is 0 Å². The van der Waals surface area contributed by atoms with Gasteiger partial charge in [0.25, 0.3) is 0 Å². The summed E-state index contributed by atoms with van der Waals surface area (Å²) in [7, 11) is 0. The van der Waals surface area contributed by atoms with Crippen molar-refractivity contribution in [3.8, 4) is 0 Å². The highest BCUT2D eigenvalue weighted by Crippen LogP contribution is 2.26. The minimum absolute atomic E-state index is 0.0945. The van der Waals surface area contributed by atoms with Crippen LogP contribution in [0, 0.1) is 0 Å². The first-order valence-corrected chi connectivity index (χ1v) is 29.3. The first kappa shape index (κ1) is 67.1. The second kappa shape index (κ2) is 49.0. The molecule has 1 rings (SSSR count). The molecular formula is C61H107NO10. The highest BCUT2D eigenvalue weighted by atomic mass is 16.7. The molecular weight excluding hydrogens is 907 g/mol. The Morgan fingerprint density at radius 3 is 1.54 bits per heavy atom. The van der Waals surface area contributed by atoms with Crippen LogP contribution in [0.5, 0.6) is 0 Å². The molecule has 6 N–H and O–H groups in total. The maximum absolute atomic E-state index is 13.4. The van der Waals surface area contributed by atoms with E-state index in [9.17, 15) is 35.1 Å².